The molecule has 2 aromatic rings. The molecule has 0 aliphatic rings. The van der Waals surface area contributed by atoms with Gasteiger partial charge in [-0.3, -0.25) is 0 Å². The van der Waals surface area contributed by atoms with Crippen molar-refractivity contribution >= 4 is 11.6 Å². The van der Waals surface area contributed by atoms with E-state index in [9.17, 15) is 0 Å². The molecule has 3 N–H and O–H groups in total. The Morgan fingerprint density at radius 3 is 2.63 bits per heavy atom. The number of nitrogens with one attached hydrogen (secondary N) is 1. The third kappa shape index (κ3) is 3.18. The van der Waals surface area contributed by atoms with Crippen molar-refractivity contribution < 1.29 is 0 Å². The Morgan fingerprint density at radius 2 is 2.05 bits per heavy atom. The Labute approximate surface area is 112 Å². The number of nitrogens with zero attached hydrogens (tertiary/aromatic N) is 5. The maximum atomic E-state index is 5.81. The van der Waals surface area contributed by atoms with Gasteiger partial charge in [-0.05, 0) is 0 Å². The first kappa shape index (κ1) is 13.3. The molecule has 102 valence electrons. The highest BCUT2D eigenvalue weighted by atomic mass is 15.3. The fourth-order valence-electron chi connectivity index (χ4n) is 1.53. The van der Waals surface area contributed by atoms with Crippen LogP contribution in [0.1, 0.15) is 32.4 Å². The van der Waals surface area contributed by atoms with Crippen molar-refractivity contribution in [1.29, 1.82) is 0 Å². The second-order valence-corrected chi connectivity index (χ2v) is 5.46. The van der Waals surface area contributed by atoms with Crippen LogP contribution in [0.4, 0.5) is 11.6 Å². The van der Waals surface area contributed by atoms with Crippen LogP contribution in [0.3, 0.4) is 0 Å². The molecule has 2 aromatic heterocycles. The van der Waals surface area contributed by atoms with E-state index in [-0.39, 0.29) is 5.41 Å². The number of aryl methyl sites for hydroxylation is 1. The molecule has 0 spiro atoms. The first-order valence-electron chi connectivity index (χ1n) is 6.08. The molecule has 0 unspecified atom stereocenters. The summed E-state index contributed by atoms with van der Waals surface area (Å²) < 4.78 is 1.85. The molecular formula is C12H19N7. The third-order valence-electron chi connectivity index (χ3n) is 2.65. The summed E-state index contributed by atoms with van der Waals surface area (Å²) in [5.74, 6) is 2.70. The molecule has 0 aromatic carbocycles. The molecule has 7 heteroatoms. The third-order valence-corrected chi connectivity index (χ3v) is 2.65. The van der Waals surface area contributed by atoms with Gasteiger partial charge in [0, 0.05) is 18.5 Å². The summed E-state index contributed by atoms with van der Waals surface area (Å²) in [5, 5.41) is 11.0. The van der Waals surface area contributed by atoms with Gasteiger partial charge >= 0.3 is 0 Å². The monoisotopic (exact) mass is 261 g/mol. The summed E-state index contributed by atoms with van der Waals surface area (Å²) in [4.78, 5) is 8.74. The van der Waals surface area contributed by atoms with Gasteiger partial charge in [-0.25, -0.2) is 9.97 Å². The van der Waals surface area contributed by atoms with Crippen LogP contribution in [-0.2, 0) is 19.0 Å². The molecule has 0 saturated heterocycles. The van der Waals surface area contributed by atoms with Crippen molar-refractivity contribution in [2.45, 2.75) is 32.7 Å². The Hall–Kier alpha value is -2.18. The average Bonchev–Trinajstić information content (AvgIpc) is 2.70. The SMILES string of the molecule is Cn1cnnc1CNc1cc(N)nc(C(C)(C)C)n1. The van der Waals surface area contributed by atoms with E-state index < -0.39 is 0 Å². The first-order chi connectivity index (χ1) is 8.86. The van der Waals surface area contributed by atoms with Crippen LogP contribution in [0, 0.1) is 0 Å². The largest absolute Gasteiger partial charge is 0.384 e. The molecular weight excluding hydrogens is 242 g/mol. The molecule has 0 aliphatic heterocycles. The van der Waals surface area contributed by atoms with E-state index in [1.165, 1.54) is 0 Å². The van der Waals surface area contributed by atoms with Gasteiger partial charge < -0.3 is 15.6 Å². The zero-order valence-corrected chi connectivity index (χ0v) is 11.7. The van der Waals surface area contributed by atoms with Crippen LogP contribution < -0.4 is 11.1 Å². The summed E-state index contributed by atoms with van der Waals surface area (Å²) in [6.45, 7) is 6.69. The molecule has 2 rings (SSSR count). The van der Waals surface area contributed by atoms with E-state index in [1.807, 2.05) is 32.4 Å². The molecule has 0 radical (unpaired) electrons. The zero-order chi connectivity index (χ0) is 14.0. The lowest BCUT2D eigenvalue weighted by atomic mass is 9.96. The summed E-state index contributed by atoms with van der Waals surface area (Å²) in [7, 11) is 1.89. The van der Waals surface area contributed by atoms with Crippen molar-refractivity contribution in [3.05, 3.63) is 24.0 Å². The summed E-state index contributed by atoms with van der Waals surface area (Å²) in [6.07, 6.45) is 1.66. The highest BCUT2D eigenvalue weighted by molar-refractivity contribution is 5.45. The molecule has 2 heterocycles. The molecule has 0 atom stereocenters. The fourth-order valence-corrected chi connectivity index (χ4v) is 1.53. The predicted octanol–water partition coefficient (Wildman–Crippen LogP) is 1.10. The molecule has 7 nitrogen and oxygen atoms in total. The molecule has 0 bridgehead atoms. The summed E-state index contributed by atoms with van der Waals surface area (Å²) >= 11 is 0. The van der Waals surface area contributed by atoms with E-state index in [1.54, 1.807) is 12.4 Å². The van der Waals surface area contributed by atoms with Crippen LogP contribution >= 0.6 is 0 Å². The van der Waals surface area contributed by atoms with Crippen molar-refractivity contribution in [2.75, 3.05) is 11.1 Å². The Kier molecular flexibility index (Phi) is 3.37. The van der Waals surface area contributed by atoms with Crippen molar-refractivity contribution in [1.82, 2.24) is 24.7 Å². The number of nitrogens with two attached hydrogens (primary N) is 1. The van der Waals surface area contributed by atoms with Crippen LogP contribution in [0.15, 0.2) is 12.4 Å². The average molecular weight is 261 g/mol. The van der Waals surface area contributed by atoms with Crippen molar-refractivity contribution in [3.63, 3.8) is 0 Å². The number of hydrogen-bond donors (Lipinski definition) is 2. The van der Waals surface area contributed by atoms with Crippen LogP contribution in [0.2, 0.25) is 0 Å². The Morgan fingerprint density at radius 1 is 1.32 bits per heavy atom. The summed E-state index contributed by atoms with van der Waals surface area (Å²) in [5.41, 5.74) is 5.67. The zero-order valence-electron chi connectivity index (χ0n) is 11.7. The lowest BCUT2D eigenvalue weighted by molar-refractivity contribution is 0.547. The fraction of sp³-hybridized carbons (Fsp3) is 0.500. The second kappa shape index (κ2) is 4.83. The van der Waals surface area contributed by atoms with Gasteiger partial charge in [0.15, 0.2) is 5.82 Å². The van der Waals surface area contributed by atoms with E-state index in [4.69, 9.17) is 5.73 Å². The molecule has 0 saturated carbocycles. The van der Waals surface area contributed by atoms with Crippen molar-refractivity contribution in [2.24, 2.45) is 7.05 Å². The number of nitrogen functional groups attached to an aromatic ring is 1. The van der Waals surface area contributed by atoms with E-state index in [2.05, 4.69) is 25.5 Å². The first-order valence-corrected chi connectivity index (χ1v) is 6.08. The number of aromatic nitrogens is 5. The number of rotatable bonds is 3. The van der Waals surface area contributed by atoms with Crippen LogP contribution in [-0.4, -0.2) is 24.7 Å². The van der Waals surface area contributed by atoms with Crippen molar-refractivity contribution in [3.8, 4) is 0 Å². The standard InChI is InChI=1S/C12H19N7/c1-12(2,3)11-16-8(13)5-9(17-11)14-6-10-18-15-7-19(10)4/h5,7H,6H2,1-4H3,(H3,13,14,16,17). The molecule has 0 fully saturated rings. The highest BCUT2D eigenvalue weighted by Gasteiger charge is 2.18. The smallest absolute Gasteiger partial charge is 0.151 e. The minimum Gasteiger partial charge on any atom is -0.384 e. The topological polar surface area (TPSA) is 94.5 Å². The Balaban J connectivity index is 2.17. The van der Waals surface area contributed by atoms with Gasteiger partial charge in [-0.2, -0.15) is 0 Å². The minimum absolute atomic E-state index is 0.142. The van der Waals surface area contributed by atoms with E-state index >= 15 is 0 Å². The Bertz CT molecular complexity index is 568. The lowest BCUT2D eigenvalue weighted by Crippen LogP contribution is -2.18. The second-order valence-electron chi connectivity index (χ2n) is 5.46. The highest BCUT2D eigenvalue weighted by Crippen LogP contribution is 2.21. The predicted molar refractivity (Wildman–Crippen MR) is 73.5 cm³/mol. The normalized spacial score (nSPS) is 11.6. The number of anilines is 2. The van der Waals surface area contributed by atoms with Gasteiger partial charge in [0.25, 0.3) is 0 Å². The molecule has 19 heavy (non-hydrogen) atoms. The maximum Gasteiger partial charge on any atom is 0.151 e. The maximum absolute atomic E-state index is 5.81. The quantitative estimate of drug-likeness (QED) is 0.859. The van der Waals surface area contributed by atoms with Gasteiger partial charge in [-0.1, -0.05) is 20.8 Å². The lowest BCUT2D eigenvalue weighted by Gasteiger charge is -2.18. The summed E-state index contributed by atoms with van der Waals surface area (Å²) in [6, 6.07) is 1.71. The van der Waals surface area contributed by atoms with E-state index in [0.29, 0.717) is 24.0 Å². The van der Waals surface area contributed by atoms with Crippen LogP contribution in [0.25, 0.3) is 0 Å². The van der Waals surface area contributed by atoms with E-state index in [0.717, 1.165) is 5.82 Å². The molecule has 0 amide bonds. The number of hydrogen-bond acceptors (Lipinski definition) is 6. The van der Waals surface area contributed by atoms with Gasteiger partial charge in [0.05, 0.1) is 6.54 Å². The van der Waals surface area contributed by atoms with Gasteiger partial charge in [0.1, 0.15) is 23.8 Å². The minimum atomic E-state index is -0.142. The van der Waals surface area contributed by atoms with Crippen LogP contribution in [0.5, 0.6) is 0 Å². The van der Waals surface area contributed by atoms with Gasteiger partial charge in [-0.15, -0.1) is 10.2 Å². The molecule has 0 aliphatic carbocycles. The van der Waals surface area contributed by atoms with Gasteiger partial charge in [0.2, 0.25) is 0 Å².